The van der Waals surface area contributed by atoms with Crippen LogP contribution in [0.1, 0.15) is 42.4 Å². The molecule has 1 N–H and O–H groups in total. The summed E-state index contributed by atoms with van der Waals surface area (Å²) < 4.78 is 12.3. The minimum Gasteiger partial charge on any atom is -0.379 e. The Hall–Kier alpha value is -1.40. The number of aryl methyl sites for hydroxylation is 1. The number of aromatic nitrogens is 2. The molecule has 0 spiro atoms. The van der Waals surface area contributed by atoms with Crippen molar-refractivity contribution in [1.29, 1.82) is 0 Å². The molecule has 1 aromatic rings. The molecule has 2 atom stereocenters. The highest BCUT2D eigenvalue weighted by Crippen LogP contribution is 2.15. The Balaban J connectivity index is 2.07. The number of hydrogen-bond acceptors (Lipinski definition) is 4. The summed E-state index contributed by atoms with van der Waals surface area (Å²) in [5.41, 5.74) is 1.50. The van der Waals surface area contributed by atoms with E-state index in [-0.39, 0.29) is 18.1 Å². The second-order valence-corrected chi connectivity index (χ2v) is 5.45. The van der Waals surface area contributed by atoms with E-state index in [9.17, 15) is 4.79 Å². The van der Waals surface area contributed by atoms with Crippen LogP contribution < -0.4 is 5.32 Å². The molecule has 112 valence electrons. The largest absolute Gasteiger partial charge is 0.379 e. The molecule has 1 saturated heterocycles. The van der Waals surface area contributed by atoms with Crippen LogP contribution in [0.4, 0.5) is 0 Å². The Kier molecular flexibility index (Phi) is 4.77. The molecule has 1 aromatic heterocycles. The molecular weight excluding hydrogens is 258 g/mol. The zero-order chi connectivity index (χ0) is 14.7. The van der Waals surface area contributed by atoms with Gasteiger partial charge in [-0.25, -0.2) is 0 Å². The molecular formula is C14H23N3O3. The summed E-state index contributed by atoms with van der Waals surface area (Å²) in [5.74, 6) is 0.193. The first-order valence-corrected chi connectivity index (χ1v) is 6.98. The average molecular weight is 281 g/mol. The van der Waals surface area contributed by atoms with E-state index < -0.39 is 0 Å². The second-order valence-electron chi connectivity index (χ2n) is 5.45. The van der Waals surface area contributed by atoms with Gasteiger partial charge in [0.15, 0.2) is 0 Å². The van der Waals surface area contributed by atoms with E-state index in [4.69, 9.17) is 9.47 Å². The third kappa shape index (κ3) is 3.19. The topological polar surface area (TPSA) is 65.4 Å². The smallest absolute Gasteiger partial charge is 0.269 e. The van der Waals surface area contributed by atoms with Crippen molar-refractivity contribution in [3.8, 4) is 0 Å². The number of nitrogens with one attached hydrogen (secondary N) is 1. The average Bonchev–Trinajstić information content (AvgIpc) is 2.82. The Labute approximate surface area is 119 Å². The third-order valence-electron chi connectivity index (χ3n) is 3.65. The lowest BCUT2D eigenvalue weighted by atomic mass is 10.1. The fraction of sp³-hybridized carbons (Fsp3) is 0.714. The van der Waals surface area contributed by atoms with Crippen LogP contribution in [0.3, 0.4) is 0 Å². The highest BCUT2D eigenvalue weighted by Gasteiger charge is 2.28. The first-order chi connectivity index (χ1) is 9.52. The molecule has 1 aliphatic heterocycles. The van der Waals surface area contributed by atoms with E-state index in [1.807, 2.05) is 6.07 Å². The van der Waals surface area contributed by atoms with Crippen molar-refractivity contribution in [3.63, 3.8) is 0 Å². The fourth-order valence-electron chi connectivity index (χ4n) is 2.34. The van der Waals surface area contributed by atoms with Gasteiger partial charge in [0.05, 0.1) is 18.3 Å². The van der Waals surface area contributed by atoms with Gasteiger partial charge in [-0.3, -0.25) is 9.48 Å². The SMILES string of the molecule is CO[C@@H]1COCC[C@H]1NC(=O)c1cc(C(C)C)nn1C. The second kappa shape index (κ2) is 6.37. The zero-order valence-corrected chi connectivity index (χ0v) is 12.5. The lowest BCUT2D eigenvalue weighted by molar-refractivity contribution is -0.0479. The number of ether oxygens (including phenoxy) is 2. The molecule has 2 rings (SSSR count). The van der Waals surface area contributed by atoms with E-state index in [2.05, 4.69) is 24.3 Å². The Morgan fingerprint density at radius 1 is 1.60 bits per heavy atom. The normalized spacial score (nSPS) is 23.1. The molecule has 0 aromatic carbocycles. The summed E-state index contributed by atoms with van der Waals surface area (Å²) in [6.07, 6.45) is 0.671. The van der Waals surface area contributed by atoms with Gasteiger partial charge in [0, 0.05) is 20.8 Å². The molecule has 1 fully saturated rings. The van der Waals surface area contributed by atoms with E-state index in [0.29, 0.717) is 24.8 Å². The van der Waals surface area contributed by atoms with Gasteiger partial charge in [-0.2, -0.15) is 5.10 Å². The summed E-state index contributed by atoms with van der Waals surface area (Å²) in [5, 5.41) is 7.39. The van der Waals surface area contributed by atoms with Crippen molar-refractivity contribution in [2.75, 3.05) is 20.3 Å². The summed E-state index contributed by atoms with van der Waals surface area (Å²) in [4.78, 5) is 12.4. The first kappa shape index (κ1) is 15.0. The van der Waals surface area contributed by atoms with Crippen LogP contribution in [-0.2, 0) is 16.5 Å². The highest BCUT2D eigenvalue weighted by molar-refractivity contribution is 5.92. The lowest BCUT2D eigenvalue weighted by Crippen LogP contribution is -2.49. The van der Waals surface area contributed by atoms with Crippen molar-refractivity contribution in [2.24, 2.45) is 7.05 Å². The molecule has 6 nitrogen and oxygen atoms in total. The molecule has 0 aliphatic carbocycles. The standard InChI is InChI=1S/C14H23N3O3/c1-9(2)11-7-12(17(3)16-11)14(18)15-10-5-6-20-8-13(10)19-4/h7,9-10,13H,5-6,8H2,1-4H3,(H,15,18)/t10-,13-/m1/s1. The van der Waals surface area contributed by atoms with Crippen molar-refractivity contribution >= 4 is 5.91 Å². The lowest BCUT2D eigenvalue weighted by Gasteiger charge is -2.30. The summed E-state index contributed by atoms with van der Waals surface area (Å²) >= 11 is 0. The minimum atomic E-state index is -0.110. The van der Waals surface area contributed by atoms with Gasteiger partial charge in [-0.1, -0.05) is 13.8 Å². The van der Waals surface area contributed by atoms with Gasteiger partial charge in [0.1, 0.15) is 11.8 Å². The van der Waals surface area contributed by atoms with E-state index in [1.54, 1.807) is 18.8 Å². The number of rotatable bonds is 4. The Morgan fingerprint density at radius 2 is 2.35 bits per heavy atom. The zero-order valence-electron chi connectivity index (χ0n) is 12.5. The summed E-state index contributed by atoms with van der Waals surface area (Å²) in [6, 6.07) is 1.83. The van der Waals surface area contributed by atoms with Gasteiger partial charge in [-0.15, -0.1) is 0 Å². The predicted molar refractivity (Wildman–Crippen MR) is 74.8 cm³/mol. The maximum atomic E-state index is 12.4. The van der Waals surface area contributed by atoms with Crippen molar-refractivity contribution in [3.05, 3.63) is 17.5 Å². The van der Waals surface area contributed by atoms with Crippen LogP contribution in [0.2, 0.25) is 0 Å². The highest BCUT2D eigenvalue weighted by atomic mass is 16.5. The van der Waals surface area contributed by atoms with Crippen LogP contribution in [0, 0.1) is 0 Å². The predicted octanol–water partition coefficient (Wildman–Crippen LogP) is 1.08. The van der Waals surface area contributed by atoms with Crippen molar-refractivity contribution in [1.82, 2.24) is 15.1 Å². The van der Waals surface area contributed by atoms with Crippen LogP contribution in [-0.4, -0.2) is 48.2 Å². The van der Waals surface area contributed by atoms with Crippen LogP contribution in [0.5, 0.6) is 0 Å². The molecule has 20 heavy (non-hydrogen) atoms. The van der Waals surface area contributed by atoms with Gasteiger partial charge in [0.2, 0.25) is 0 Å². The maximum absolute atomic E-state index is 12.4. The van der Waals surface area contributed by atoms with E-state index >= 15 is 0 Å². The van der Waals surface area contributed by atoms with Gasteiger partial charge in [-0.05, 0) is 18.4 Å². The van der Waals surface area contributed by atoms with Crippen molar-refractivity contribution in [2.45, 2.75) is 38.3 Å². The number of amides is 1. The van der Waals surface area contributed by atoms with Crippen molar-refractivity contribution < 1.29 is 14.3 Å². The number of carbonyl (C=O) groups is 1. The Bertz CT molecular complexity index is 470. The minimum absolute atomic E-state index is 0.0151. The first-order valence-electron chi connectivity index (χ1n) is 6.98. The molecule has 6 heteroatoms. The molecule has 1 aliphatic rings. The molecule has 1 amide bonds. The third-order valence-corrected chi connectivity index (χ3v) is 3.65. The van der Waals surface area contributed by atoms with Crippen LogP contribution >= 0.6 is 0 Å². The van der Waals surface area contributed by atoms with Gasteiger partial charge >= 0.3 is 0 Å². The van der Waals surface area contributed by atoms with Gasteiger partial charge < -0.3 is 14.8 Å². The van der Waals surface area contributed by atoms with E-state index in [1.165, 1.54) is 0 Å². The maximum Gasteiger partial charge on any atom is 0.269 e. The molecule has 0 radical (unpaired) electrons. The summed E-state index contributed by atoms with van der Waals surface area (Å²) in [6.45, 7) is 5.28. The number of methoxy groups -OCH3 is 1. The molecule has 0 unspecified atom stereocenters. The van der Waals surface area contributed by atoms with Gasteiger partial charge in [0.25, 0.3) is 5.91 Å². The fourth-order valence-corrected chi connectivity index (χ4v) is 2.34. The molecule has 2 heterocycles. The van der Waals surface area contributed by atoms with Crippen LogP contribution in [0.15, 0.2) is 6.07 Å². The van der Waals surface area contributed by atoms with E-state index in [0.717, 1.165) is 12.1 Å². The number of carbonyl (C=O) groups excluding carboxylic acids is 1. The quantitative estimate of drug-likeness (QED) is 0.897. The summed E-state index contributed by atoms with van der Waals surface area (Å²) in [7, 11) is 3.43. The number of hydrogen-bond donors (Lipinski definition) is 1. The molecule has 0 bridgehead atoms. The monoisotopic (exact) mass is 281 g/mol. The number of nitrogens with zero attached hydrogens (tertiary/aromatic N) is 2. The Morgan fingerprint density at radius 3 is 2.95 bits per heavy atom. The van der Waals surface area contributed by atoms with Crippen LogP contribution in [0.25, 0.3) is 0 Å². The molecule has 0 saturated carbocycles.